The van der Waals surface area contributed by atoms with Crippen molar-refractivity contribution in [1.29, 1.82) is 0 Å². The summed E-state index contributed by atoms with van der Waals surface area (Å²) in [7, 11) is 3.25. The number of carbonyl (C=O) groups excluding carboxylic acids is 3. The van der Waals surface area contributed by atoms with Crippen molar-refractivity contribution in [1.82, 2.24) is 25.1 Å². The quantitative estimate of drug-likeness (QED) is 0.448. The molecule has 220 valence electrons. The van der Waals surface area contributed by atoms with Crippen molar-refractivity contribution in [3.63, 3.8) is 0 Å². The number of aromatic hydroxyl groups is 1. The number of phenols is 1. The monoisotopic (exact) mass is 575 g/mol. The van der Waals surface area contributed by atoms with Crippen LogP contribution in [0.1, 0.15) is 29.7 Å². The van der Waals surface area contributed by atoms with Gasteiger partial charge in [0.2, 0.25) is 11.8 Å². The molecular weight excluding hydrogens is 541 g/mol. The van der Waals surface area contributed by atoms with Gasteiger partial charge in [0.1, 0.15) is 29.5 Å². The number of amides is 4. The fourth-order valence-corrected chi connectivity index (χ4v) is 5.59. The molecule has 2 saturated heterocycles. The molecule has 3 aromatic carbocycles. The smallest absolute Gasteiger partial charge is 0.334 e. The molecule has 0 aliphatic carbocycles. The zero-order valence-electron chi connectivity index (χ0n) is 23.7. The highest BCUT2D eigenvalue weighted by Gasteiger charge is 2.51. The molecule has 0 saturated carbocycles. The van der Waals surface area contributed by atoms with Gasteiger partial charge in [-0.25, -0.2) is 19.2 Å². The van der Waals surface area contributed by atoms with Crippen molar-refractivity contribution < 1.29 is 28.6 Å². The Morgan fingerprint density at radius 3 is 2.31 bits per heavy atom. The zero-order valence-corrected chi connectivity index (χ0v) is 23.7. The number of fused-ring (bicyclic) bond motifs is 1. The van der Waals surface area contributed by atoms with Crippen LogP contribution >= 0.6 is 0 Å². The van der Waals surface area contributed by atoms with Gasteiger partial charge >= 0.3 is 6.03 Å². The van der Waals surface area contributed by atoms with E-state index in [4.69, 9.17) is 4.74 Å². The number of ether oxygens (including phenoxy) is 1. The summed E-state index contributed by atoms with van der Waals surface area (Å²) < 4.78 is 18.9. The maximum atomic E-state index is 14.1. The van der Waals surface area contributed by atoms with Gasteiger partial charge in [-0.1, -0.05) is 36.4 Å². The van der Waals surface area contributed by atoms with Crippen molar-refractivity contribution in [2.45, 2.75) is 38.1 Å². The summed E-state index contributed by atoms with van der Waals surface area (Å²) in [6, 6.07) is 18.0. The van der Waals surface area contributed by atoms with E-state index in [1.807, 2.05) is 31.2 Å². The molecule has 3 unspecified atom stereocenters. The highest BCUT2D eigenvalue weighted by molar-refractivity contribution is 5.92. The first kappa shape index (κ1) is 28.9. The van der Waals surface area contributed by atoms with Gasteiger partial charge in [-0.05, 0) is 60.0 Å². The van der Waals surface area contributed by atoms with Crippen molar-refractivity contribution >= 4 is 17.8 Å². The summed E-state index contributed by atoms with van der Waals surface area (Å²) in [6.45, 7) is 2.08. The summed E-state index contributed by atoms with van der Waals surface area (Å²) in [5.41, 5.74) is 2.35. The highest BCUT2D eigenvalue weighted by Crippen LogP contribution is 2.33. The van der Waals surface area contributed by atoms with Crippen LogP contribution in [0.3, 0.4) is 0 Å². The van der Waals surface area contributed by atoms with E-state index in [1.165, 1.54) is 34.2 Å². The van der Waals surface area contributed by atoms with E-state index in [1.54, 1.807) is 48.3 Å². The number of hydrazine groups is 1. The number of benzene rings is 3. The molecule has 2 N–H and O–H groups in total. The SMILES string of the molecule is COc1ccc(CNC(=O)N2C3CN(C(C)c4ccc(F)cc4)C(=O)C(Cc4ccc(O)cc4)N3C(=O)CN2C)cc1. The zero-order chi connectivity index (χ0) is 30.0. The Morgan fingerprint density at radius 1 is 1.02 bits per heavy atom. The predicted octanol–water partition coefficient (Wildman–Crippen LogP) is 3.28. The Morgan fingerprint density at radius 2 is 1.67 bits per heavy atom. The van der Waals surface area contributed by atoms with E-state index in [9.17, 15) is 23.9 Å². The van der Waals surface area contributed by atoms with Crippen molar-refractivity contribution in [2.24, 2.45) is 0 Å². The maximum absolute atomic E-state index is 14.1. The molecule has 4 amide bonds. The van der Waals surface area contributed by atoms with Crippen LogP contribution in [0.2, 0.25) is 0 Å². The van der Waals surface area contributed by atoms with Crippen LogP contribution in [0.15, 0.2) is 72.8 Å². The van der Waals surface area contributed by atoms with Crippen molar-refractivity contribution in [3.8, 4) is 11.5 Å². The Labute approximate surface area is 243 Å². The Bertz CT molecular complexity index is 1430. The molecule has 2 aliphatic heterocycles. The third kappa shape index (κ3) is 5.87. The van der Waals surface area contributed by atoms with Gasteiger partial charge in [0.05, 0.1) is 26.2 Å². The molecule has 2 fully saturated rings. The third-order valence-electron chi connectivity index (χ3n) is 7.88. The minimum absolute atomic E-state index is 0.0650. The molecule has 10 nitrogen and oxygen atoms in total. The number of halogens is 1. The van der Waals surface area contributed by atoms with Gasteiger partial charge in [0.25, 0.3) is 0 Å². The van der Waals surface area contributed by atoms with Crippen LogP contribution in [-0.2, 0) is 22.6 Å². The van der Waals surface area contributed by atoms with Crippen LogP contribution in [0.4, 0.5) is 9.18 Å². The fraction of sp³-hybridized carbons (Fsp3) is 0.323. The first-order valence-electron chi connectivity index (χ1n) is 13.7. The van der Waals surface area contributed by atoms with Crippen LogP contribution in [0.5, 0.6) is 11.5 Å². The van der Waals surface area contributed by atoms with Crippen molar-refractivity contribution in [3.05, 3.63) is 95.3 Å². The number of urea groups is 1. The topological polar surface area (TPSA) is 106 Å². The number of carbonyl (C=O) groups is 3. The van der Waals surface area contributed by atoms with E-state index in [0.29, 0.717) is 5.75 Å². The van der Waals surface area contributed by atoms with E-state index in [0.717, 1.165) is 16.7 Å². The number of nitrogens with one attached hydrogen (secondary N) is 1. The number of piperazine rings is 1. The second kappa shape index (κ2) is 12.1. The standard InChI is InChI=1S/C31H34FN5O5/c1-20(23-8-10-24(32)11-9-23)35-18-28-36(27(30(35)40)16-21-4-12-25(38)13-5-21)29(39)19-34(2)37(28)31(41)33-17-22-6-14-26(42-3)15-7-22/h4-15,20,27-28,38H,16-19H2,1-3H3,(H,33,41). The third-order valence-corrected chi connectivity index (χ3v) is 7.88. The summed E-state index contributed by atoms with van der Waals surface area (Å²) >= 11 is 0. The first-order chi connectivity index (χ1) is 20.2. The average Bonchev–Trinajstić information content (AvgIpc) is 2.98. The van der Waals surface area contributed by atoms with Gasteiger partial charge in [-0.3, -0.25) is 9.59 Å². The molecule has 2 heterocycles. The number of phenolic OH excluding ortho intramolecular Hbond substituents is 1. The number of hydrogen-bond acceptors (Lipinski definition) is 6. The van der Waals surface area contributed by atoms with E-state index >= 15 is 0 Å². The average molecular weight is 576 g/mol. The van der Waals surface area contributed by atoms with Crippen LogP contribution in [0.25, 0.3) is 0 Å². The molecule has 11 heteroatoms. The largest absolute Gasteiger partial charge is 0.508 e. The summed E-state index contributed by atoms with van der Waals surface area (Å²) in [5, 5.41) is 15.8. The molecule has 2 aliphatic rings. The number of nitrogens with zero attached hydrogens (tertiary/aromatic N) is 4. The Hall–Kier alpha value is -4.64. The van der Waals surface area contributed by atoms with E-state index in [-0.39, 0.29) is 49.4 Å². The second-order valence-corrected chi connectivity index (χ2v) is 10.6. The Kier molecular flexibility index (Phi) is 8.30. The normalized spacial score (nSPS) is 19.9. The first-order valence-corrected chi connectivity index (χ1v) is 13.7. The van der Waals surface area contributed by atoms with Gasteiger partial charge in [-0.15, -0.1) is 0 Å². The molecule has 3 aromatic rings. The van der Waals surface area contributed by atoms with Crippen LogP contribution in [-0.4, -0.2) is 82.2 Å². The van der Waals surface area contributed by atoms with Crippen molar-refractivity contribution in [2.75, 3.05) is 27.2 Å². The minimum atomic E-state index is -0.894. The van der Waals surface area contributed by atoms with Gasteiger partial charge in [0.15, 0.2) is 0 Å². The Balaban J connectivity index is 1.46. The summed E-state index contributed by atoms with van der Waals surface area (Å²) in [4.78, 5) is 44.4. The molecular formula is C31H34FN5O5. The van der Waals surface area contributed by atoms with Crippen LogP contribution in [0, 0.1) is 5.82 Å². The minimum Gasteiger partial charge on any atom is -0.508 e. The lowest BCUT2D eigenvalue weighted by Gasteiger charge is -2.55. The maximum Gasteiger partial charge on any atom is 0.334 e. The number of likely N-dealkylation sites (N-methyl/N-ethyl adjacent to an activating group) is 1. The summed E-state index contributed by atoms with van der Waals surface area (Å²) in [6.07, 6.45) is -0.589. The fourth-order valence-electron chi connectivity index (χ4n) is 5.59. The van der Waals surface area contributed by atoms with Gasteiger partial charge in [-0.2, -0.15) is 0 Å². The lowest BCUT2D eigenvalue weighted by atomic mass is 9.96. The van der Waals surface area contributed by atoms with E-state index in [2.05, 4.69) is 5.32 Å². The van der Waals surface area contributed by atoms with E-state index < -0.39 is 24.3 Å². The molecule has 0 bridgehead atoms. The number of methoxy groups -OCH3 is 1. The predicted molar refractivity (Wildman–Crippen MR) is 152 cm³/mol. The highest BCUT2D eigenvalue weighted by atomic mass is 19.1. The molecule has 0 spiro atoms. The lowest BCUT2D eigenvalue weighted by molar-refractivity contribution is -0.189. The van der Waals surface area contributed by atoms with Gasteiger partial charge in [0, 0.05) is 20.0 Å². The van der Waals surface area contributed by atoms with Gasteiger partial charge < -0.3 is 25.0 Å². The molecule has 3 atom stereocenters. The number of hydrogen-bond donors (Lipinski definition) is 2. The number of rotatable bonds is 7. The molecule has 0 radical (unpaired) electrons. The lowest BCUT2D eigenvalue weighted by Crippen LogP contribution is -2.76. The molecule has 5 rings (SSSR count). The summed E-state index contributed by atoms with van der Waals surface area (Å²) in [5.74, 6) is -0.127. The second-order valence-electron chi connectivity index (χ2n) is 10.6. The molecule has 0 aromatic heterocycles. The van der Waals surface area contributed by atoms with Crippen LogP contribution < -0.4 is 10.1 Å². The molecule has 42 heavy (non-hydrogen) atoms.